The molecule has 0 radical (unpaired) electrons. The van der Waals surface area contributed by atoms with Crippen LogP contribution in [0, 0.1) is 5.92 Å². The maximum atomic E-state index is 12.9. The van der Waals surface area contributed by atoms with E-state index in [1.165, 1.54) is 17.3 Å². The van der Waals surface area contributed by atoms with Crippen molar-refractivity contribution in [2.45, 2.75) is 31.6 Å². The van der Waals surface area contributed by atoms with Gasteiger partial charge in [0.2, 0.25) is 11.9 Å². The molecule has 1 N–H and O–H groups in total. The third-order valence-electron chi connectivity index (χ3n) is 5.65. The second-order valence-electron chi connectivity index (χ2n) is 8.44. The van der Waals surface area contributed by atoms with Crippen LogP contribution in [0.2, 0.25) is 0 Å². The van der Waals surface area contributed by atoms with Crippen molar-refractivity contribution < 1.29 is 9.53 Å². The number of aromatic nitrogens is 3. The lowest BCUT2D eigenvalue weighted by atomic mass is 9.96. The molecular weight excluding hydrogens is 434 g/mol. The normalized spacial score (nSPS) is 14.9. The van der Waals surface area contributed by atoms with Crippen LogP contribution in [0.25, 0.3) is 0 Å². The maximum absolute atomic E-state index is 12.9. The largest absolute Gasteiger partial charge is 0.378 e. The minimum absolute atomic E-state index is 0.00950. The van der Waals surface area contributed by atoms with Crippen LogP contribution < -0.4 is 10.2 Å². The van der Waals surface area contributed by atoms with E-state index in [0.29, 0.717) is 19.8 Å². The number of amides is 1. The molecule has 7 nitrogen and oxygen atoms in total. The van der Waals surface area contributed by atoms with Crippen molar-refractivity contribution in [1.82, 2.24) is 20.1 Å². The lowest BCUT2D eigenvalue weighted by molar-refractivity contribution is -0.119. The number of rotatable bonds is 9. The van der Waals surface area contributed by atoms with Crippen LogP contribution in [0.5, 0.6) is 0 Å². The highest BCUT2D eigenvalue weighted by atomic mass is 32.2. The van der Waals surface area contributed by atoms with E-state index in [-0.39, 0.29) is 23.6 Å². The number of nitrogens with zero attached hydrogens (tertiary/aromatic N) is 4. The van der Waals surface area contributed by atoms with Crippen molar-refractivity contribution in [1.29, 1.82) is 0 Å². The molecule has 0 aliphatic carbocycles. The minimum Gasteiger partial charge on any atom is -0.378 e. The van der Waals surface area contributed by atoms with Crippen LogP contribution in [0.4, 0.5) is 5.95 Å². The van der Waals surface area contributed by atoms with E-state index in [1.54, 1.807) is 0 Å². The van der Waals surface area contributed by atoms with E-state index in [9.17, 15) is 4.79 Å². The summed E-state index contributed by atoms with van der Waals surface area (Å²) in [5.74, 6) is 1.39. The first-order chi connectivity index (χ1) is 16.1. The third kappa shape index (κ3) is 6.15. The molecule has 1 atom stereocenters. The Morgan fingerprint density at radius 3 is 2.36 bits per heavy atom. The van der Waals surface area contributed by atoms with Crippen LogP contribution in [0.3, 0.4) is 0 Å². The monoisotopic (exact) mass is 465 g/mol. The predicted octanol–water partition coefficient (Wildman–Crippen LogP) is 3.77. The number of morpholine rings is 1. The van der Waals surface area contributed by atoms with Gasteiger partial charge in [-0.05, 0) is 17.0 Å². The Morgan fingerprint density at radius 2 is 1.70 bits per heavy atom. The van der Waals surface area contributed by atoms with Crippen molar-refractivity contribution >= 4 is 23.6 Å². The summed E-state index contributed by atoms with van der Waals surface area (Å²) < 4.78 is 7.61. The molecule has 33 heavy (non-hydrogen) atoms. The van der Waals surface area contributed by atoms with Gasteiger partial charge in [-0.1, -0.05) is 86.3 Å². The summed E-state index contributed by atoms with van der Waals surface area (Å²) in [5.41, 5.74) is 2.29. The zero-order valence-electron chi connectivity index (χ0n) is 19.2. The molecule has 1 unspecified atom stereocenters. The number of thioether (sulfide) groups is 1. The number of hydrogen-bond acceptors (Lipinski definition) is 6. The van der Waals surface area contributed by atoms with Gasteiger partial charge in [-0.2, -0.15) is 0 Å². The van der Waals surface area contributed by atoms with Crippen LogP contribution in [0.15, 0.2) is 65.8 Å². The van der Waals surface area contributed by atoms with Gasteiger partial charge in [0, 0.05) is 13.1 Å². The number of ether oxygens (including phenoxy) is 1. The van der Waals surface area contributed by atoms with Crippen molar-refractivity contribution in [2.75, 3.05) is 37.0 Å². The van der Waals surface area contributed by atoms with Crippen LogP contribution in [0.1, 0.15) is 31.0 Å². The highest BCUT2D eigenvalue weighted by Crippen LogP contribution is 2.25. The average Bonchev–Trinajstić information content (AvgIpc) is 3.25. The standard InChI is InChI=1S/C25H31N5O2S/c1-19(2)23(21-11-7-4-8-12-21)26-22(31)18-33-25-28-27-24(29-13-15-32-16-14-29)30(25)17-20-9-5-3-6-10-20/h3-12,19,23H,13-18H2,1-2H3,(H,26,31). The highest BCUT2D eigenvalue weighted by Gasteiger charge is 2.23. The van der Waals surface area contributed by atoms with Gasteiger partial charge in [0.05, 0.1) is 31.6 Å². The van der Waals surface area contributed by atoms with E-state index < -0.39 is 0 Å². The van der Waals surface area contributed by atoms with Gasteiger partial charge in [-0.15, -0.1) is 10.2 Å². The molecule has 1 aliphatic rings. The maximum Gasteiger partial charge on any atom is 0.230 e. The molecule has 174 valence electrons. The SMILES string of the molecule is CC(C)C(NC(=O)CSc1nnc(N2CCOCC2)n1Cc1ccccc1)c1ccccc1. The van der Waals surface area contributed by atoms with E-state index in [0.717, 1.165) is 29.8 Å². The fourth-order valence-corrected chi connectivity index (χ4v) is 4.67. The fourth-order valence-electron chi connectivity index (χ4n) is 3.93. The first-order valence-electron chi connectivity index (χ1n) is 11.4. The Kier molecular flexibility index (Phi) is 8.01. The molecule has 2 heterocycles. The summed E-state index contributed by atoms with van der Waals surface area (Å²) in [6.45, 7) is 7.82. The molecule has 0 saturated carbocycles. The average molecular weight is 466 g/mol. The van der Waals surface area contributed by atoms with Crippen molar-refractivity contribution in [3.05, 3.63) is 71.8 Å². The number of anilines is 1. The van der Waals surface area contributed by atoms with Crippen LogP contribution in [-0.2, 0) is 16.1 Å². The number of hydrogen-bond donors (Lipinski definition) is 1. The molecule has 1 fully saturated rings. The van der Waals surface area contributed by atoms with E-state index in [1.807, 2.05) is 36.4 Å². The van der Waals surface area contributed by atoms with Crippen molar-refractivity contribution in [3.8, 4) is 0 Å². The Labute approximate surface area is 199 Å². The van der Waals surface area contributed by atoms with Crippen molar-refractivity contribution in [2.24, 2.45) is 5.92 Å². The van der Waals surface area contributed by atoms with Gasteiger partial charge in [-0.25, -0.2) is 0 Å². The van der Waals surface area contributed by atoms with Gasteiger partial charge >= 0.3 is 0 Å². The summed E-state index contributed by atoms with van der Waals surface area (Å²) >= 11 is 1.43. The molecule has 1 aliphatic heterocycles. The van der Waals surface area contributed by atoms with E-state index in [4.69, 9.17) is 4.74 Å². The molecular formula is C25H31N5O2S. The number of carbonyl (C=O) groups excluding carboxylic acids is 1. The Balaban J connectivity index is 1.47. The first kappa shape index (κ1) is 23.3. The van der Waals surface area contributed by atoms with Gasteiger partial charge < -0.3 is 15.0 Å². The Bertz CT molecular complexity index is 1020. The zero-order valence-corrected chi connectivity index (χ0v) is 20.0. The minimum atomic E-state index is -0.0228. The lowest BCUT2D eigenvalue weighted by Crippen LogP contribution is -2.38. The predicted molar refractivity (Wildman–Crippen MR) is 131 cm³/mol. The van der Waals surface area contributed by atoms with Gasteiger partial charge in [-0.3, -0.25) is 9.36 Å². The van der Waals surface area contributed by atoms with Gasteiger partial charge in [0.1, 0.15) is 0 Å². The molecule has 1 saturated heterocycles. The van der Waals surface area contributed by atoms with Crippen LogP contribution >= 0.6 is 11.8 Å². The topological polar surface area (TPSA) is 72.3 Å². The zero-order chi connectivity index (χ0) is 23.0. The molecule has 3 aromatic rings. The summed E-state index contributed by atoms with van der Waals surface area (Å²) in [6, 6.07) is 20.4. The Morgan fingerprint density at radius 1 is 1.03 bits per heavy atom. The molecule has 0 bridgehead atoms. The van der Waals surface area contributed by atoms with E-state index in [2.05, 4.69) is 63.1 Å². The number of nitrogens with one attached hydrogen (secondary N) is 1. The van der Waals surface area contributed by atoms with Crippen LogP contribution in [-0.4, -0.2) is 52.7 Å². The molecule has 2 aromatic carbocycles. The second kappa shape index (κ2) is 11.3. The van der Waals surface area contributed by atoms with Gasteiger partial charge in [0.15, 0.2) is 5.16 Å². The number of carbonyl (C=O) groups is 1. The Hall–Kier alpha value is -2.84. The summed E-state index contributed by atoms with van der Waals surface area (Å²) in [6.07, 6.45) is 0. The lowest BCUT2D eigenvalue weighted by Gasteiger charge is -2.28. The molecule has 4 rings (SSSR count). The highest BCUT2D eigenvalue weighted by molar-refractivity contribution is 7.99. The molecule has 8 heteroatoms. The quantitative estimate of drug-likeness (QED) is 0.485. The fraction of sp³-hybridized carbons (Fsp3) is 0.400. The third-order valence-corrected chi connectivity index (χ3v) is 6.62. The number of benzene rings is 2. The smallest absolute Gasteiger partial charge is 0.230 e. The summed E-state index contributed by atoms with van der Waals surface area (Å²) in [4.78, 5) is 15.1. The van der Waals surface area contributed by atoms with E-state index >= 15 is 0 Å². The second-order valence-corrected chi connectivity index (χ2v) is 9.38. The molecule has 1 amide bonds. The molecule has 1 aromatic heterocycles. The van der Waals surface area contributed by atoms with Gasteiger partial charge in [0.25, 0.3) is 0 Å². The first-order valence-corrected chi connectivity index (χ1v) is 12.4. The van der Waals surface area contributed by atoms with Crippen molar-refractivity contribution in [3.63, 3.8) is 0 Å². The summed E-state index contributed by atoms with van der Waals surface area (Å²) in [7, 11) is 0. The molecule has 0 spiro atoms. The summed E-state index contributed by atoms with van der Waals surface area (Å²) in [5, 5.41) is 12.9.